The number of para-hydroxylation sites is 1. The molecule has 0 aliphatic rings. The summed E-state index contributed by atoms with van der Waals surface area (Å²) in [4.78, 5) is 11.8. The molecule has 16 heavy (non-hydrogen) atoms. The first kappa shape index (κ1) is 12.7. The van der Waals surface area contributed by atoms with Gasteiger partial charge in [-0.05, 0) is 24.0 Å². The number of carbonyl (C=O) groups excluding carboxylic acids is 1. The average Bonchev–Trinajstić information content (AvgIpc) is 2.28. The Morgan fingerprint density at radius 2 is 2.00 bits per heavy atom. The Hall–Kier alpha value is -1.35. The molecule has 88 valence electrons. The van der Waals surface area contributed by atoms with Crippen molar-refractivity contribution < 1.29 is 4.79 Å². The molecular weight excluding hydrogens is 200 g/mol. The second-order valence-electron chi connectivity index (χ2n) is 4.27. The highest BCUT2D eigenvalue weighted by molar-refractivity contribution is 5.95. The molecule has 0 aromatic heterocycles. The molecule has 0 saturated carbocycles. The fourth-order valence-electron chi connectivity index (χ4n) is 1.47. The number of benzene rings is 1. The lowest BCUT2D eigenvalue weighted by Gasteiger charge is -2.16. The monoisotopic (exact) mass is 220 g/mol. The van der Waals surface area contributed by atoms with Crippen molar-refractivity contribution in [3.63, 3.8) is 0 Å². The van der Waals surface area contributed by atoms with Crippen LogP contribution in [0.15, 0.2) is 24.3 Å². The van der Waals surface area contributed by atoms with Gasteiger partial charge in [0.25, 0.3) is 0 Å². The van der Waals surface area contributed by atoms with Crippen LogP contribution >= 0.6 is 0 Å². The van der Waals surface area contributed by atoms with Crippen molar-refractivity contribution in [3.8, 4) is 0 Å². The van der Waals surface area contributed by atoms with Crippen LogP contribution in [-0.4, -0.2) is 11.9 Å². The minimum absolute atomic E-state index is 0.115. The van der Waals surface area contributed by atoms with Gasteiger partial charge in [0, 0.05) is 5.69 Å². The number of aryl methyl sites for hydroxylation is 1. The molecule has 1 atom stereocenters. The fraction of sp³-hybridized carbons (Fsp3) is 0.462. The molecule has 0 radical (unpaired) electrons. The molecule has 1 amide bonds. The van der Waals surface area contributed by atoms with Gasteiger partial charge in [-0.2, -0.15) is 0 Å². The van der Waals surface area contributed by atoms with E-state index in [1.54, 1.807) is 0 Å². The predicted octanol–water partition coefficient (Wildman–Crippen LogP) is 2.17. The van der Waals surface area contributed by atoms with Crippen LogP contribution in [-0.2, 0) is 11.2 Å². The molecule has 1 rings (SSSR count). The lowest BCUT2D eigenvalue weighted by molar-refractivity contribution is -0.118. The average molecular weight is 220 g/mol. The predicted molar refractivity (Wildman–Crippen MR) is 67.3 cm³/mol. The molecule has 0 saturated heterocycles. The highest BCUT2D eigenvalue weighted by atomic mass is 16.2. The van der Waals surface area contributed by atoms with Gasteiger partial charge in [0.1, 0.15) is 0 Å². The molecular formula is C13H20N2O. The van der Waals surface area contributed by atoms with E-state index in [0.29, 0.717) is 0 Å². The van der Waals surface area contributed by atoms with E-state index in [9.17, 15) is 4.79 Å². The van der Waals surface area contributed by atoms with Crippen molar-refractivity contribution in [1.29, 1.82) is 0 Å². The lowest BCUT2D eigenvalue weighted by atomic mass is 10.0. The summed E-state index contributed by atoms with van der Waals surface area (Å²) < 4.78 is 0. The molecule has 0 fully saturated rings. The van der Waals surface area contributed by atoms with Crippen molar-refractivity contribution in [3.05, 3.63) is 29.8 Å². The molecule has 0 heterocycles. The SMILES string of the molecule is CCc1ccccc1NC(=O)C(N)C(C)C. The summed E-state index contributed by atoms with van der Waals surface area (Å²) in [5.41, 5.74) is 7.79. The van der Waals surface area contributed by atoms with E-state index in [4.69, 9.17) is 5.73 Å². The summed E-state index contributed by atoms with van der Waals surface area (Å²) >= 11 is 0. The number of carbonyl (C=O) groups is 1. The van der Waals surface area contributed by atoms with Crippen LogP contribution in [0.2, 0.25) is 0 Å². The van der Waals surface area contributed by atoms with Crippen molar-refractivity contribution in [2.24, 2.45) is 11.7 Å². The smallest absolute Gasteiger partial charge is 0.241 e. The zero-order chi connectivity index (χ0) is 12.1. The summed E-state index contributed by atoms with van der Waals surface area (Å²) in [5, 5.41) is 2.88. The molecule has 0 aliphatic heterocycles. The number of rotatable bonds is 4. The Labute approximate surface area is 97.0 Å². The van der Waals surface area contributed by atoms with Crippen LogP contribution < -0.4 is 11.1 Å². The molecule has 0 aliphatic carbocycles. The molecule has 3 heteroatoms. The van der Waals surface area contributed by atoms with E-state index in [1.807, 2.05) is 38.1 Å². The number of anilines is 1. The van der Waals surface area contributed by atoms with Gasteiger partial charge in [-0.3, -0.25) is 4.79 Å². The normalized spacial score (nSPS) is 12.6. The molecule has 3 N–H and O–H groups in total. The summed E-state index contributed by atoms with van der Waals surface area (Å²) in [6.07, 6.45) is 0.896. The van der Waals surface area contributed by atoms with E-state index in [0.717, 1.165) is 17.7 Å². The second-order valence-corrected chi connectivity index (χ2v) is 4.27. The van der Waals surface area contributed by atoms with Crippen LogP contribution in [0.4, 0.5) is 5.69 Å². The highest BCUT2D eigenvalue weighted by Gasteiger charge is 2.17. The maximum atomic E-state index is 11.8. The van der Waals surface area contributed by atoms with Gasteiger partial charge < -0.3 is 11.1 Å². The zero-order valence-electron chi connectivity index (χ0n) is 10.2. The summed E-state index contributed by atoms with van der Waals surface area (Å²) in [5.74, 6) is 0.0321. The third-order valence-corrected chi connectivity index (χ3v) is 2.68. The van der Waals surface area contributed by atoms with Gasteiger partial charge in [0.05, 0.1) is 6.04 Å². The number of hydrogen-bond acceptors (Lipinski definition) is 2. The Kier molecular flexibility index (Phi) is 4.50. The standard InChI is InChI=1S/C13H20N2O/c1-4-10-7-5-6-8-11(10)15-13(16)12(14)9(2)3/h5-9,12H,4,14H2,1-3H3,(H,15,16). The third kappa shape index (κ3) is 3.07. The number of nitrogens with one attached hydrogen (secondary N) is 1. The van der Waals surface area contributed by atoms with Crippen LogP contribution in [0.1, 0.15) is 26.3 Å². The number of hydrogen-bond donors (Lipinski definition) is 2. The summed E-state index contributed by atoms with van der Waals surface area (Å²) in [7, 11) is 0. The van der Waals surface area contributed by atoms with E-state index in [1.165, 1.54) is 0 Å². The van der Waals surface area contributed by atoms with Crippen molar-refractivity contribution in [2.45, 2.75) is 33.2 Å². The van der Waals surface area contributed by atoms with Gasteiger partial charge in [-0.25, -0.2) is 0 Å². The van der Waals surface area contributed by atoms with Gasteiger partial charge in [0.15, 0.2) is 0 Å². The van der Waals surface area contributed by atoms with Crippen molar-refractivity contribution in [2.75, 3.05) is 5.32 Å². The first-order valence-corrected chi connectivity index (χ1v) is 5.70. The molecule has 1 aromatic rings. The quantitative estimate of drug-likeness (QED) is 0.817. The van der Waals surface area contributed by atoms with Crippen LogP contribution in [0, 0.1) is 5.92 Å². The Morgan fingerprint density at radius 3 is 2.56 bits per heavy atom. The summed E-state index contributed by atoms with van der Waals surface area (Å²) in [6, 6.07) is 7.34. The number of nitrogens with two attached hydrogens (primary N) is 1. The largest absolute Gasteiger partial charge is 0.324 e. The molecule has 1 aromatic carbocycles. The Balaban J connectivity index is 2.76. The maximum Gasteiger partial charge on any atom is 0.241 e. The van der Waals surface area contributed by atoms with Gasteiger partial charge in [-0.1, -0.05) is 39.0 Å². The van der Waals surface area contributed by atoms with Crippen LogP contribution in [0.3, 0.4) is 0 Å². The van der Waals surface area contributed by atoms with Gasteiger partial charge in [-0.15, -0.1) is 0 Å². The summed E-state index contributed by atoms with van der Waals surface area (Å²) in [6.45, 7) is 5.94. The van der Waals surface area contributed by atoms with Crippen molar-refractivity contribution in [1.82, 2.24) is 0 Å². The first-order valence-electron chi connectivity index (χ1n) is 5.70. The molecule has 0 spiro atoms. The Bertz CT molecular complexity index is 361. The minimum atomic E-state index is -0.454. The van der Waals surface area contributed by atoms with Gasteiger partial charge >= 0.3 is 0 Å². The lowest BCUT2D eigenvalue weighted by Crippen LogP contribution is -2.39. The maximum absolute atomic E-state index is 11.8. The highest BCUT2D eigenvalue weighted by Crippen LogP contribution is 2.16. The van der Waals surface area contributed by atoms with E-state index in [2.05, 4.69) is 12.2 Å². The third-order valence-electron chi connectivity index (χ3n) is 2.68. The molecule has 3 nitrogen and oxygen atoms in total. The minimum Gasteiger partial charge on any atom is -0.324 e. The topological polar surface area (TPSA) is 55.1 Å². The van der Waals surface area contributed by atoms with E-state index >= 15 is 0 Å². The van der Waals surface area contributed by atoms with Crippen LogP contribution in [0.5, 0.6) is 0 Å². The van der Waals surface area contributed by atoms with Gasteiger partial charge in [0.2, 0.25) is 5.91 Å². The zero-order valence-corrected chi connectivity index (χ0v) is 10.2. The molecule has 0 bridgehead atoms. The van der Waals surface area contributed by atoms with E-state index < -0.39 is 6.04 Å². The van der Waals surface area contributed by atoms with E-state index in [-0.39, 0.29) is 11.8 Å². The Morgan fingerprint density at radius 1 is 1.38 bits per heavy atom. The van der Waals surface area contributed by atoms with Crippen LogP contribution in [0.25, 0.3) is 0 Å². The second kappa shape index (κ2) is 5.66. The number of amides is 1. The molecule has 1 unspecified atom stereocenters. The van der Waals surface area contributed by atoms with Crippen molar-refractivity contribution >= 4 is 11.6 Å². The first-order chi connectivity index (χ1) is 7.56. The fourth-order valence-corrected chi connectivity index (χ4v) is 1.47.